The smallest absolute Gasteiger partial charge is 0.136 e. The van der Waals surface area contributed by atoms with E-state index in [9.17, 15) is 5.11 Å². The van der Waals surface area contributed by atoms with Gasteiger partial charge in [0.2, 0.25) is 0 Å². The zero-order chi connectivity index (χ0) is 19.9. The highest BCUT2D eigenvalue weighted by Crippen LogP contribution is 2.25. The van der Waals surface area contributed by atoms with Crippen LogP contribution in [-0.2, 0) is 6.42 Å². The average Bonchev–Trinajstić information content (AvgIpc) is 3.21. The van der Waals surface area contributed by atoms with E-state index in [2.05, 4.69) is 29.4 Å². The van der Waals surface area contributed by atoms with Gasteiger partial charge in [0.05, 0.1) is 16.1 Å². The van der Waals surface area contributed by atoms with Crippen LogP contribution in [0.5, 0.6) is 5.75 Å². The summed E-state index contributed by atoms with van der Waals surface area (Å²) < 4.78 is 5.78. The van der Waals surface area contributed by atoms with Gasteiger partial charge in [0.25, 0.3) is 0 Å². The van der Waals surface area contributed by atoms with Crippen molar-refractivity contribution in [2.45, 2.75) is 25.5 Å². The highest BCUT2D eigenvalue weighted by molar-refractivity contribution is 8.14. The summed E-state index contributed by atoms with van der Waals surface area (Å²) in [5.41, 5.74) is 1.96. The molecule has 0 saturated carbocycles. The van der Waals surface area contributed by atoms with E-state index in [4.69, 9.17) is 27.9 Å². The lowest BCUT2D eigenvalue weighted by Crippen LogP contribution is -2.32. The Balaban J connectivity index is 1.43. The van der Waals surface area contributed by atoms with Gasteiger partial charge in [0, 0.05) is 24.9 Å². The topological polar surface area (TPSA) is 53.8 Å². The molecular formula is C21H24Cl2N2O2S. The lowest BCUT2D eigenvalue weighted by atomic mass is 10.1. The molecule has 28 heavy (non-hydrogen) atoms. The van der Waals surface area contributed by atoms with Gasteiger partial charge in [-0.25, -0.2) is 0 Å². The molecule has 0 bridgehead atoms. The van der Waals surface area contributed by atoms with E-state index in [1.165, 1.54) is 5.56 Å². The van der Waals surface area contributed by atoms with Crippen molar-refractivity contribution in [3.8, 4) is 5.75 Å². The van der Waals surface area contributed by atoms with Gasteiger partial charge in [-0.15, -0.1) is 11.8 Å². The second-order valence-corrected chi connectivity index (χ2v) is 8.74. The fourth-order valence-electron chi connectivity index (χ4n) is 2.91. The van der Waals surface area contributed by atoms with E-state index >= 15 is 0 Å². The van der Waals surface area contributed by atoms with E-state index in [1.807, 2.05) is 12.1 Å². The highest BCUT2D eigenvalue weighted by atomic mass is 35.5. The quantitative estimate of drug-likeness (QED) is 0.591. The highest BCUT2D eigenvalue weighted by Gasteiger charge is 2.12. The Morgan fingerprint density at radius 2 is 1.96 bits per heavy atom. The number of ether oxygens (including phenoxy) is 1. The molecule has 0 amide bonds. The Labute approximate surface area is 180 Å². The molecule has 4 nitrogen and oxygen atoms in total. The number of thioether (sulfide) groups is 1. The number of hydrogen-bond acceptors (Lipinski definition) is 5. The molecule has 0 radical (unpaired) electrons. The van der Waals surface area contributed by atoms with Crippen LogP contribution in [0.15, 0.2) is 47.5 Å². The fourth-order valence-corrected chi connectivity index (χ4v) is 3.96. The van der Waals surface area contributed by atoms with Gasteiger partial charge in [0.15, 0.2) is 0 Å². The van der Waals surface area contributed by atoms with Crippen LogP contribution >= 0.6 is 35.0 Å². The molecule has 7 heteroatoms. The predicted molar refractivity (Wildman–Crippen MR) is 119 cm³/mol. The van der Waals surface area contributed by atoms with Gasteiger partial charge < -0.3 is 15.2 Å². The number of rotatable bonds is 9. The molecule has 2 N–H and O–H groups in total. The first-order chi connectivity index (χ1) is 13.5. The number of halogens is 2. The van der Waals surface area contributed by atoms with Crippen molar-refractivity contribution >= 4 is 40.0 Å². The summed E-state index contributed by atoms with van der Waals surface area (Å²) in [7, 11) is 0. The minimum atomic E-state index is -0.635. The van der Waals surface area contributed by atoms with E-state index in [0.717, 1.165) is 35.1 Å². The molecule has 2 aromatic rings. The maximum absolute atomic E-state index is 10.3. The molecule has 2 atom stereocenters. The van der Waals surface area contributed by atoms with Crippen LogP contribution in [0.2, 0.25) is 10.0 Å². The normalized spacial score (nSPS) is 15.9. The third-order valence-electron chi connectivity index (χ3n) is 4.46. The zero-order valence-electron chi connectivity index (χ0n) is 15.7. The number of benzene rings is 2. The van der Waals surface area contributed by atoms with Crippen molar-refractivity contribution < 1.29 is 9.84 Å². The largest absolute Gasteiger partial charge is 0.487 e. The summed E-state index contributed by atoms with van der Waals surface area (Å²) in [6.45, 7) is 3.99. The van der Waals surface area contributed by atoms with Gasteiger partial charge in [-0.2, -0.15) is 0 Å². The van der Waals surface area contributed by atoms with Crippen LogP contribution in [0.3, 0.4) is 0 Å². The summed E-state index contributed by atoms with van der Waals surface area (Å²) >= 11 is 13.7. The molecular weight excluding hydrogens is 415 g/mol. The standard InChI is InChI=1S/C21H24Cl2N2O2S/c1-14(25-12-20(26)16-4-7-18(22)19(23)11-16)10-15-2-5-17(6-3-15)27-13-21-24-8-9-28-21/h2-7,11,14,20,25-26H,8-10,12-13H2,1H3. The summed E-state index contributed by atoms with van der Waals surface area (Å²) in [6.07, 6.45) is 0.223. The molecule has 1 aliphatic rings. The van der Waals surface area contributed by atoms with Crippen molar-refractivity contribution in [1.82, 2.24) is 5.32 Å². The predicted octanol–water partition coefficient (Wildman–Crippen LogP) is 4.77. The fraction of sp³-hybridized carbons (Fsp3) is 0.381. The molecule has 0 aliphatic carbocycles. The van der Waals surface area contributed by atoms with E-state index < -0.39 is 6.10 Å². The van der Waals surface area contributed by atoms with Gasteiger partial charge in [-0.1, -0.05) is 41.4 Å². The van der Waals surface area contributed by atoms with Gasteiger partial charge in [0.1, 0.15) is 17.4 Å². The lowest BCUT2D eigenvalue weighted by molar-refractivity contribution is 0.170. The first kappa shape index (κ1) is 21.5. The van der Waals surface area contributed by atoms with E-state index in [-0.39, 0.29) is 6.04 Å². The Morgan fingerprint density at radius 1 is 1.18 bits per heavy atom. The maximum atomic E-state index is 10.3. The minimum absolute atomic E-state index is 0.216. The second-order valence-electron chi connectivity index (χ2n) is 6.76. The van der Waals surface area contributed by atoms with Crippen molar-refractivity contribution in [2.75, 3.05) is 25.4 Å². The summed E-state index contributed by atoms with van der Waals surface area (Å²) in [4.78, 5) is 4.39. The number of nitrogens with one attached hydrogen (secondary N) is 1. The molecule has 0 saturated heterocycles. The Bertz CT molecular complexity index is 815. The Morgan fingerprint density at radius 3 is 2.64 bits per heavy atom. The van der Waals surface area contributed by atoms with E-state index in [0.29, 0.717) is 23.2 Å². The van der Waals surface area contributed by atoms with Crippen molar-refractivity contribution in [2.24, 2.45) is 4.99 Å². The average molecular weight is 439 g/mol. The first-order valence-corrected chi connectivity index (χ1v) is 11.0. The van der Waals surface area contributed by atoms with E-state index in [1.54, 1.807) is 30.0 Å². The number of hydrogen-bond donors (Lipinski definition) is 2. The first-order valence-electron chi connectivity index (χ1n) is 9.25. The van der Waals surface area contributed by atoms with Crippen LogP contribution in [-0.4, -0.2) is 41.6 Å². The maximum Gasteiger partial charge on any atom is 0.136 e. The summed E-state index contributed by atoms with van der Waals surface area (Å²) in [5.74, 6) is 1.91. The van der Waals surface area contributed by atoms with Crippen LogP contribution < -0.4 is 10.1 Å². The molecule has 150 valence electrons. The second kappa shape index (κ2) is 10.5. The molecule has 3 rings (SSSR count). The SMILES string of the molecule is CC(Cc1ccc(OCC2=NCCS2)cc1)NCC(O)c1ccc(Cl)c(Cl)c1. The van der Waals surface area contributed by atoms with Crippen molar-refractivity contribution in [3.63, 3.8) is 0 Å². The van der Waals surface area contributed by atoms with Crippen molar-refractivity contribution in [3.05, 3.63) is 63.6 Å². The van der Waals surface area contributed by atoms with Crippen LogP contribution in [0.4, 0.5) is 0 Å². The van der Waals surface area contributed by atoms with Crippen LogP contribution in [0, 0.1) is 0 Å². The third-order valence-corrected chi connectivity index (χ3v) is 6.17. The number of nitrogens with zero attached hydrogens (tertiary/aromatic N) is 1. The molecule has 0 fully saturated rings. The van der Waals surface area contributed by atoms with Gasteiger partial charge in [-0.3, -0.25) is 4.99 Å². The number of aliphatic hydroxyl groups is 1. The molecule has 0 aromatic heterocycles. The molecule has 2 unspecified atom stereocenters. The molecule has 0 spiro atoms. The summed E-state index contributed by atoms with van der Waals surface area (Å²) in [5, 5.41) is 15.7. The molecule has 1 heterocycles. The van der Waals surface area contributed by atoms with Gasteiger partial charge in [-0.05, 0) is 48.7 Å². The monoisotopic (exact) mass is 438 g/mol. The van der Waals surface area contributed by atoms with Crippen LogP contribution in [0.25, 0.3) is 0 Å². The van der Waals surface area contributed by atoms with Gasteiger partial charge >= 0.3 is 0 Å². The number of aliphatic imine (C=N–C) groups is 1. The number of aliphatic hydroxyl groups excluding tert-OH is 1. The zero-order valence-corrected chi connectivity index (χ0v) is 18.0. The summed E-state index contributed by atoms with van der Waals surface area (Å²) in [6, 6.07) is 13.6. The third kappa shape index (κ3) is 6.39. The molecule has 2 aromatic carbocycles. The molecule has 1 aliphatic heterocycles. The minimum Gasteiger partial charge on any atom is -0.487 e. The van der Waals surface area contributed by atoms with Crippen LogP contribution in [0.1, 0.15) is 24.2 Å². The Kier molecular flexibility index (Phi) is 8.06. The van der Waals surface area contributed by atoms with Crippen molar-refractivity contribution in [1.29, 1.82) is 0 Å². The lowest BCUT2D eigenvalue weighted by Gasteiger charge is -2.18. The Hall–Kier alpha value is -1.24.